The maximum absolute atomic E-state index is 13.1. The molecule has 0 spiro atoms. The van der Waals surface area contributed by atoms with Crippen molar-refractivity contribution in [2.24, 2.45) is 0 Å². The van der Waals surface area contributed by atoms with Crippen molar-refractivity contribution in [3.8, 4) is 5.75 Å². The number of halogens is 3. The van der Waals surface area contributed by atoms with Gasteiger partial charge in [0.2, 0.25) is 5.78 Å². The maximum atomic E-state index is 13.1. The Morgan fingerprint density at radius 3 is 2.10 bits per heavy atom. The molecule has 0 aromatic heterocycles. The van der Waals surface area contributed by atoms with Crippen LogP contribution in [0.5, 0.6) is 5.75 Å². The molecule has 2 atom stereocenters. The number of hydrogen-bond donors (Lipinski definition) is 0. The summed E-state index contributed by atoms with van der Waals surface area (Å²) in [4.78, 5) is 13.1. The first-order chi connectivity index (χ1) is 13.3. The van der Waals surface area contributed by atoms with Gasteiger partial charge in [-0.2, -0.15) is 13.2 Å². The normalized spacial score (nSPS) is 12.4. The molecule has 3 aromatic rings. The third-order valence-electron chi connectivity index (χ3n) is 4.16. The van der Waals surface area contributed by atoms with Crippen LogP contribution < -0.4 is 28.9 Å². The zero-order valence-electron chi connectivity index (χ0n) is 17.0. The molecule has 2 nitrogen and oxygen atoms in total. The SMILES string of the molecule is Cc1ccccc1C(Oc1ccc(PC(F)(F)F)cc1)C(=O)c1ccccc1.[H-].[Li+]. The molecular weight excluding hydrogens is 391 g/mol. The maximum Gasteiger partial charge on any atom is 1.00 e. The molecule has 3 rings (SSSR count). The minimum atomic E-state index is -4.24. The second-order valence-electron chi connectivity index (χ2n) is 6.23. The summed E-state index contributed by atoms with van der Waals surface area (Å²) in [5.74, 6) is -4.11. The van der Waals surface area contributed by atoms with Crippen molar-refractivity contribution < 1.29 is 43.0 Å². The fourth-order valence-corrected chi connectivity index (χ4v) is 3.47. The van der Waals surface area contributed by atoms with Gasteiger partial charge in [-0.15, -0.1) is 0 Å². The van der Waals surface area contributed by atoms with Crippen LogP contribution in [0.4, 0.5) is 13.2 Å². The van der Waals surface area contributed by atoms with Gasteiger partial charge in [-0.05, 0) is 29.9 Å². The van der Waals surface area contributed by atoms with Crippen LogP contribution in [-0.4, -0.2) is 11.7 Å². The summed E-state index contributed by atoms with van der Waals surface area (Å²) in [6, 6.07) is 21.9. The summed E-state index contributed by atoms with van der Waals surface area (Å²) in [5.41, 5.74) is 2.12. The van der Waals surface area contributed by atoms with Crippen LogP contribution in [0.2, 0.25) is 0 Å². The molecule has 0 saturated carbocycles. The van der Waals surface area contributed by atoms with Crippen LogP contribution in [0.1, 0.15) is 29.0 Å². The molecule has 3 aromatic carbocycles. The third-order valence-corrected chi connectivity index (χ3v) is 5.07. The van der Waals surface area contributed by atoms with E-state index in [1.165, 1.54) is 24.3 Å². The fourth-order valence-electron chi connectivity index (χ4n) is 2.81. The number of benzene rings is 3. The molecule has 0 aliphatic rings. The van der Waals surface area contributed by atoms with E-state index >= 15 is 0 Å². The summed E-state index contributed by atoms with van der Waals surface area (Å²) in [6.45, 7) is 1.89. The predicted octanol–water partition coefficient (Wildman–Crippen LogP) is 2.94. The molecule has 7 heteroatoms. The summed E-state index contributed by atoms with van der Waals surface area (Å²) in [7, 11) is -1.27. The van der Waals surface area contributed by atoms with Crippen molar-refractivity contribution in [1.29, 1.82) is 0 Å². The molecule has 0 saturated heterocycles. The fraction of sp³-hybridized carbons (Fsp3) is 0.136. The topological polar surface area (TPSA) is 26.3 Å². The summed E-state index contributed by atoms with van der Waals surface area (Å²) in [5, 5.41) is 0.168. The Hall–Kier alpha value is -2.05. The monoisotopic (exact) mass is 410 g/mol. The summed E-state index contributed by atoms with van der Waals surface area (Å²) in [6.07, 6.45) is -0.889. The van der Waals surface area contributed by atoms with Gasteiger partial charge in [-0.25, -0.2) is 0 Å². The summed E-state index contributed by atoms with van der Waals surface area (Å²) < 4.78 is 43.6. The van der Waals surface area contributed by atoms with E-state index in [1.807, 2.05) is 37.3 Å². The van der Waals surface area contributed by atoms with E-state index in [2.05, 4.69) is 0 Å². The van der Waals surface area contributed by atoms with Crippen molar-refractivity contribution in [3.05, 3.63) is 95.6 Å². The zero-order valence-corrected chi connectivity index (χ0v) is 17.0. The largest absolute Gasteiger partial charge is 1.00 e. The minimum absolute atomic E-state index is 0. The average molecular weight is 410 g/mol. The molecule has 0 fully saturated rings. The number of hydrogen-bond acceptors (Lipinski definition) is 2. The Morgan fingerprint density at radius 2 is 1.52 bits per heavy atom. The number of ketones is 1. The first-order valence-corrected chi connectivity index (χ1v) is 9.60. The third kappa shape index (κ3) is 6.47. The molecule has 0 aliphatic carbocycles. The van der Waals surface area contributed by atoms with Gasteiger partial charge in [0.25, 0.3) is 0 Å². The van der Waals surface area contributed by atoms with E-state index in [0.29, 0.717) is 11.3 Å². The van der Waals surface area contributed by atoms with Crippen LogP contribution in [0, 0.1) is 6.92 Å². The Kier molecular flexibility index (Phi) is 8.11. The van der Waals surface area contributed by atoms with E-state index in [0.717, 1.165) is 11.1 Å². The summed E-state index contributed by atoms with van der Waals surface area (Å²) >= 11 is 0. The van der Waals surface area contributed by atoms with Crippen LogP contribution in [0.25, 0.3) is 0 Å². The minimum Gasteiger partial charge on any atom is -1.00 e. The smallest absolute Gasteiger partial charge is 1.00 e. The Balaban J connectivity index is 0.00000225. The second-order valence-corrected chi connectivity index (χ2v) is 7.63. The van der Waals surface area contributed by atoms with E-state index in [4.69, 9.17) is 4.74 Å². The molecule has 146 valence electrons. The number of carbonyl (C=O) groups is 1. The van der Waals surface area contributed by atoms with Crippen LogP contribution in [0.3, 0.4) is 0 Å². The van der Waals surface area contributed by atoms with Gasteiger partial charge in [0.1, 0.15) is 5.75 Å². The average Bonchev–Trinajstić information content (AvgIpc) is 2.67. The van der Waals surface area contributed by atoms with Gasteiger partial charge in [0, 0.05) is 19.7 Å². The number of Topliss-reactive ketones (excluding diaryl/α,β-unsaturated/α-hetero) is 1. The Morgan fingerprint density at radius 1 is 0.931 bits per heavy atom. The van der Waals surface area contributed by atoms with Gasteiger partial charge in [-0.3, -0.25) is 4.79 Å². The van der Waals surface area contributed by atoms with Crippen molar-refractivity contribution in [2.45, 2.75) is 18.9 Å². The van der Waals surface area contributed by atoms with Gasteiger partial charge < -0.3 is 6.16 Å². The molecule has 0 heterocycles. The molecule has 0 aliphatic heterocycles. The number of carbonyl (C=O) groups excluding carboxylic acids is 1. The zero-order chi connectivity index (χ0) is 20.1. The molecular formula is C22H19F3LiO2P. The molecule has 2 unspecified atom stereocenters. The van der Waals surface area contributed by atoms with Gasteiger partial charge in [-0.1, -0.05) is 66.7 Å². The molecule has 0 bridgehead atoms. The van der Waals surface area contributed by atoms with E-state index in [-0.39, 0.29) is 31.4 Å². The van der Waals surface area contributed by atoms with E-state index < -0.39 is 20.6 Å². The number of aryl methyl sites for hydroxylation is 1. The number of ether oxygens (including phenoxy) is 1. The molecule has 0 N–H and O–H groups in total. The van der Waals surface area contributed by atoms with Gasteiger partial charge in [0.05, 0.1) is 0 Å². The van der Waals surface area contributed by atoms with Crippen molar-refractivity contribution in [1.82, 2.24) is 0 Å². The van der Waals surface area contributed by atoms with Crippen LogP contribution in [-0.2, 0) is 0 Å². The Labute approximate surface area is 182 Å². The number of alkyl halides is 3. The van der Waals surface area contributed by atoms with Gasteiger partial charge >= 0.3 is 24.8 Å². The first kappa shape index (κ1) is 23.2. The van der Waals surface area contributed by atoms with E-state index in [9.17, 15) is 18.0 Å². The van der Waals surface area contributed by atoms with E-state index in [1.54, 1.807) is 24.3 Å². The molecule has 0 amide bonds. The number of rotatable bonds is 6. The second kappa shape index (κ2) is 10.1. The Bertz CT molecular complexity index is 951. The van der Waals surface area contributed by atoms with Crippen LogP contribution in [0.15, 0.2) is 78.9 Å². The van der Waals surface area contributed by atoms with Crippen molar-refractivity contribution in [2.75, 3.05) is 0 Å². The first-order valence-electron chi connectivity index (χ1n) is 8.60. The van der Waals surface area contributed by atoms with Crippen molar-refractivity contribution >= 4 is 19.7 Å². The quantitative estimate of drug-likeness (QED) is 0.355. The predicted molar refractivity (Wildman–Crippen MR) is 107 cm³/mol. The van der Waals surface area contributed by atoms with Crippen LogP contribution >= 0.6 is 8.58 Å². The standard InChI is InChI=1S/C22H18F3O2P.Li.H/c1-15-7-5-6-10-19(15)21(20(26)16-8-3-2-4-9-16)27-17-11-13-18(14-12-17)28-22(23,24)25;;/h2-14,21,28H,1H3;;/q;+1;-1. The molecule has 29 heavy (non-hydrogen) atoms. The van der Waals surface area contributed by atoms with Gasteiger partial charge in [0.15, 0.2) is 6.10 Å². The van der Waals surface area contributed by atoms with Crippen molar-refractivity contribution in [3.63, 3.8) is 0 Å². The molecule has 0 radical (unpaired) electrons.